The largest absolute Gasteiger partial charge is 0.472 e. The van der Waals surface area contributed by atoms with Crippen molar-refractivity contribution < 1.29 is 19.1 Å². The van der Waals surface area contributed by atoms with Crippen molar-refractivity contribution in [3.8, 4) is 17.3 Å². The van der Waals surface area contributed by atoms with Gasteiger partial charge in [-0.15, -0.1) is 0 Å². The Labute approximate surface area is 158 Å². The number of carbonyl (C=O) groups excluding carboxylic acids is 2. The van der Waals surface area contributed by atoms with E-state index in [2.05, 4.69) is 9.97 Å². The van der Waals surface area contributed by atoms with Crippen molar-refractivity contribution in [2.75, 3.05) is 13.1 Å². The van der Waals surface area contributed by atoms with Gasteiger partial charge in [0.05, 0.1) is 6.54 Å². The van der Waals surface area contributed by atoms with Crippen molar-refractivity contribution >= 4 is 12.4 Å². The zero-order valence-corrected chi connectivity index (χ0v) is 15.7. The van der Waals surface area contributed by atoms with Gasteiger partial charge in [-0.3, -0.25) is 4.79 Å². The standard InChI is InChI=1S/C20H23N3O4/c1-20(2,3)27-19(25)23-10-8-16(12-23)26-17-7-9-21-18(22-17)15-6-4-5-14(11-15)13-24/h4-7,9,11,13,16H,8,10,12H2,1-3H3. The van der Waals surface area contributed by atoms with E-state index in [1.807, 2.05) is 26.8 Å². The maximum atomic E-state index is 12.2. The number of hydrogen-bond donors (Lipinski definition) is 0. The number of amides is 1. The smallest absolute Gasteiger partial charge is 0.410 e. The fraction of sp³-hybridized carbons (Fsp3) is 0.400. The van der Waals surface area contributed by atoms with Gasteiger partial charge in [-0.25, -0.2) is 9.78 Å². The molecule has 1 aromatic heterocycles. The molecule has 1 saturated heterocycles. The molecule has 0 saturated carbocycles. The maximum absolute atomic E-state index is 12.2. The second kappa shape index (κ2) is 7.73. The van der Waals surface area contributed by atoms with Crippen molar-refractivity contribution in [2.24, 2.45) is 0 Å². The zero-order valence-electron chi connectivity index (χ0n) is 15.7. The van der Waals surface area contributed by atoms with Gasteiger partial charge in [-0.2, -0.15) is 4.98 Å². The fourth-order valence-corrected chi connectivity index (χ4v) is 2.79. The van der Waals surface area contributed by atoms with E-state index in [0.29, 0.717) is 36.8 Å². The average Bonchev–Trinajstić information content (AvgIpc) is 3.09. The van der Waals surface area contributed by atoms with E-state index < -0.39 is 5.60 Å². The quantitative estimate of drug-likeness (QED) is 0.769. The molecule has 0 radical (unpaired) electrons. The highest BCUT2D eigenvalue weighted by Crippen LogP contribution is 2.22. The summed E-state index contributed by atoms with van der Waals surface area (Å²) < 4.78 is 11.3. The highest BCUT2D eigenvalue weighted by atomic mass is 16.6. The van der Waals surface area contributed by atoms with Gasteiger partial charge in [0.2, 0.25) is 5.88 Å². The Morgan fingerprint density at radius 1 is 1.30 bits per heavy atom. The van der Waals surface area contributed by atoms with Crippen LogP contribution < -0.4 is 4.74 Å². The molecule has 27 heavy (non-hydrogen) atoms. The molecule has 1 atom stereocenters. The predicted molar refractivity (Wildman–Crippen MR) is 99.7 cm³/mol. The Bertz CT molecular complexity index is 832. The summed E-state index contributed by atoms with van der Waals surface area (Å²) >= 11 is 0. The molecule has 0 N–H and O–H groups in total. The van der Waals surface area contributed by atoms with Crippen molar-refractivity contribution in [1.29, 1.82) is 0 Å². The van der Waals surface area contributed by atoms with Crippen LogP contribution in [0.1, 0.15) is 37.6 Å². The number of aldehydes is 1. The fourth-order valence-electron chi connectivity index (χ4n) is 2.79. The molecule has 1 unspecified atom stereocenters. The maximum Gasteiger partial charge on any atom is 0.410 e. The minimum absolute atomic E-state index is 0.151. The lowest BCUT2D eigenvalue weighted by Crippen LogP contribution is -2.36. The Balaban J connectivity index is 1.65. The Morgan fingerprint density at radius 3 is 2.85 bits per heavy atom. The number of nitrogens with zero attached hydrogens (tertiary/aromatic N) is 3. The number of benzene rings is 1. The van der Waals surface area contributed by atoms with Crippen LogP contribution in [0, 0.1) is 0 Å². The van der Waals surface area contributed by atoms with E-state index in [1.54, 1.807) is 35.4 Å². The number of carbonyl (C=O) groups is 2. The molecule has 2 aromatic rings. The van der Waals surface area contributed by atoms with Gasteiger partial charge in [0.15, 0.2) is 5.82 Å². The van der Waals surface area contributed by atoms with Crippen molar-refractivity contribution in [1.82, 2.24) is 14.9 Å². The number of hydrogen-bond acceptors (Lipinski definition) is 6. The van der Waals surface area contributed by atoms with Crippen LogP contribution in [0.3, 0.4) is 0 Å². The molecule has 1 fully saturated rings. The first kappa shape index (κ1) is 18.8. The van der Waals surface area contributed by atoms with Crippen LogP contribution in [-0.2, 0) is 4.74 Å². The minimum Gasteiger partial charge on any atom is -0.472 e. The molecule has 2 heterocycles. The minimum atomic E-state index is -0.520. The predicted octanol–water partition coefficient (Wildman–Crippen LogP) is 3.34. The Hall–Kier alpha value is -2.96. The van der Waals surface area contributed by atoms with Gasteiger partial charge < -0.3 is 14.4 Å². The summed E-state index contributed by atoms with van der Waals surface area (Å²) in [5.74, 6) is 0.922. The molecule has 7 nitrogen and oxygen atoms in total. The van der Waals surface area contributed by atoms with E-state index in [1.165, 1.54) is 0 Å². The SMILES string of the molecule is CC(C)(C)OC(=O)N1CCC(Oc2ccnc(-c3cccc(C=O)c3)n2)C1. The summed E-state index contributed by atoms with van der Waals surface area (Å²) in [6, 6.07) is 8.76. The van der Waals surface area contributed by atoms with Crippen LogP contribution in [0.5, 0.6) is 5.88 Å². The lowest BCUT2D eigenvalue weighted by Gasteiger charge is -2.24. The first-order chi connectivity index (χ1) is 12.8. The number of aromatic nitrogens is 2. The molecule has 142 valence electrons. The van der Waals surface area contributed by atoms with Crippen LogP contribution in [-0.4, -0.2) is 52.0 Å². The van der Waals surface area contributed by atoms with E-state index in [4.69, 9.17) is 9.47 Å². The summed E-state index contributed by atoms with van der Waals surface area (Å²) in [6.07, 6.45) is 2.63. The molecule has 1 amide bonds. The molecular formula is C20H23N3O4. The Morgan fingerprint density at radius 2 is 2.11 bits per heavy atom. The summed E-state index contributed by atoms with van der Waals surface area (Å²) in [7, 11) is 0. The van der Waals surface area contributed by atoms with Gasteiger partial charge in [-0.05, 0) is 26.8 Å². The first-order valence-corrected chi connectivity index (χ1v) is 8.87. The molecule has 1 aromatic carbocycles. The first-order valence-electron chi connectivity index (χ1n) is 8.87. The monoisotopic (exact) mass is 369 g/mol. The van der Waals surface area contributed by atoms with Crippen molar-refractivity contribution in [3.05, 3.63) is 42.1 Å². The van der Waals surface area contributed by atoms with Crippen molar-refractivity contribution in [3.63, 3.8) is 0 Å². The van der Waals surface area contributed by atoms with Crippen molar-refractivity contribution in [2.45, 2.75) is 38.9 Å². The van der Waals surface area contributed by atoms with Crippen LogP contribution in [0.2, 0.25) is 0 Å². The van der Waals surface area contributed by atoms with Crippen LogP contribution >= 0.6 is 0 Å². The molecule has 1 aliphatic heterocycles. The average molecular weight is 369 g/mol. The summed E-state index contributed by atoms with van der Waals surface area (Å²) in [6.45, 7) is 6.57. The third kappa shape index (κ3) is 5.03. The zero-order chi connectivity index (χ0) is 19.4. The van der Waals surface area contributed by atoms with Crippen LogP contribution in [0.15, 0.2) is 36.5 Å². The molecule has 1 aliphatic rings. The van der Waals surface area contributed by atoms with E-state index >= 15 is 0 Å². The molecular weight excluding hydrogens is 346 g/mol. The molecule has 0 aliphatic carbocycles. The van der Waals surface area contributed by atoms with Crippen LogP contribution in [0.25, 0.3) is 11.4 Å². The normalized spacial score (nSPS) is 16.9. The topological polar surface area (TPSA) is 81.6 Å². The molecule has 0 bridgehead atoms. The summed E-state index contributed by atoms with van der Waals surface area (Å²) in [4.78, 5) is 33.4. The highest BCUT2D eigenvalue weighted by Gasteiger charge is 2.31. The second-order valence-corrected chi connectivity index (χ2v) is 7.42. The van der Waals surface area contributed by atoms with Gasteiger partial charge >= 0.3 is 6.09 Å². The van der Waals surface area contributed by atoms with Gasteiger partial charge in [0, 0.05) is 36.4 Å². The highest BCUT2D eigenvalue weighted by molar-refractivity contribution is 5.77. The Kier molecular flexibility index (Phi) is 5.39. The second-order valence-electron chi connectivity index (χ2n) is 7.42. The number of ether oxygens (including phenoxy) is 2. The molecule has 0 spiro atoms. The molecule has 3 rings (SSSR count). The van der Waals surface area contributed by atoms with E-state index in [0.717, 1.165) is 11.8 Å². The molecule has 7 heteroatoms. The third-order valence-corrected chi connectivity index (χ3v) is 4.00. The lowest BCUT2D eigenvalue weighted by molar-refractivity contribution is 0.0275. The lowest BCUT2D eigenvalue weighted by atomic mass is 10.1. The van der Waals surface area contributed by atoms with Gasteiger partial charge in [0.1, 0.15) is 18.0 Å². The van der Waals surface area contributed by atoms with Gasteiger partial charge in [0.25, 0.3) is 0 Å². The number of likely N-dealkylation sites (tertiary alicyclic amines) is 1. The summed E-state index contributed by atoms with van der Waals surface area (Å²) in [5.41, 5.74) is 0.784. The summed E-state index contributed by atoms with van der Waals surface area (Å²) in [5, 5.41) is 0. The van der Waals surface area contributed by atoms with E-state index in [-0.39, 0.29) is 12.2 Å². The van der Waals surface area contributed by atoms with E-state index in [9.17, 15) is 9.59 Å². The number of rotatable bonds is 4. The third-order valence-electron chi connectivity index (χ3n) is 4.00. The van der Waals surface area contributed by atoms with Crippen LogP contribution in [0.4, 0.5) is 4.79 Å². The van der Waals surface area contributed by atoms with Gasteiger partial charge in [-0.1, -0.05) is 18.2 Å².